The molecule has 0 saturated carbocycles. The van der Waals surface area contributed by atoms with Gasteiger partial charge in [-0.05, 0) is 31.9 Å². The van der Waals surface area contributed by atoms with Crippen LogP contribution in [-0.2, 0) is 0 Å². The number of hydrogen-bond donors (Lipinski definition) is 2. The predicted octanol–water partition coefficient (Wildman–Crippen LogP) is 2.97. The summed E-state index contributed by atoms with van der Waals surface area (Å²) < 4.78 is 0. The molecule has 5 heteroatoms. The number of anilines is 1. The zero-order valence-electron chi connectivity index (χ0n) is 11.6. The lowest BCUT2D eigenvalue weighted by molar-refractivity contribution is 0.502. The van der Waals surface area contributed by atoms with Crippen LogP contribution in [0.3, 0.4) is 0 Å². The summed E-state index contributed by atoms with van der Waals surface area (Å²) in [6.07, 6.45) is 2.22. The molecular formula is C15H19ClN4. The summed E-state index contributed by atoms with van der Waals surface area (Å²) in [5.74, 6) is 1.01. The van der Waals surface area contributed by atoms with Gasteiger partial charge in [-0.15, -0.1) is 0 Å². The zero-order valence-corrected chi connectivity index (χ0v) is 12.3. The van der Waals surface area contributed by atoms with Gasteiger partial charge in [-0.2, -0.15) is 5.10 Å². The Labute approximate surface area is 123 Å². The average molecular weight is 291 g/mol. The zero-order chi connectivity index (χ0) is 14.1. The molecular weight excluding hydrogens is 272 g/mol. The fourth-order valence-electron chi connectivity index (χ4n) is 2.82. The summed E-state index contributed by atoms with van der Waals surface area (Å²) in [5.41, 5.74) is 9.30. The molecule has 1 atom stereocenters. The van der Waals surface area contributed by atoms with Crippen LogP contribution < -0.4 is 10.6 Å². The van der Waals surface area contributed by atoms with E-state index >= 15 is 0 Å². The van der Waals surface area contributed by atoms with Crippen molar-refractivity contribution in [2.24, 2.45) is 5.73 Å². The topological polar surface area (TPSA) is 57.9 Å². The highest BCUT2D eigenvalue weighted by atomic mass is 35.5. The van der Waals surface area contributed by atoms with Gasteiger partial charge in [0.25, 0.3) is 0 Å². The smallest absolute Gasteiger partial charge is 0.153 e. The van der Waals surface area contributed by atoms with Gasteiger partial charge in [-0.1, -0.05) is 23.7 Å². The van der Waals surface area contributed by atoms with Gasteiger partial charge in [-0.3, -0.25) is 5.10 Å². The van der Waals surface area contributed by atoms with Crippen molar-refractivity contribution in [2.45, 2.75) is 25.8 Å². The SMILES string of the molecule is Cc1c(N2CCCC(N)C2)n[nH]c1-c1cccc(Cl)c1. The van der Waals surface area contributed by atoms with E-state index in [2.05, 4.69) is 22.0 Å². The highest BCUT2D eigenvalue weighted by Crippen LogP contribution is 2.30. The second-order valence-electron chi connectivity index (χ2n) is 5.41. The van der Waals surface area contributed by atoms with Crippen molar-refractivity contribution in [1.29, 1.82) is 0 Å². The minimum Gasteiger partial charge on any atom is -0.353 e. The van der Waals surface area contributed by atoms with Crippen molar-refractivity contribution >= 4 is 17.4 Å². The molecule has 2 heterocycles. The predicted molar refractivity (Wildman–Crippen MR) is 83.2 cm³/mol. The van der Waals surface area contributed by atoms with Gasteiger partial charge < -0.3 is 10.6 Å². The molecule has 0 bridgehead atoms. The number of rotatable bonds is 2. The van der Waals surface area contributed by atoms with Gasteiger partial charge in [0, 0.05) is 35.3 Å². The molecule has 1 aromatic heterocycles. The number of H-pyrrole nitrogens is 1. The van der Waals surface area contributed by atoms with Gasteiger partial charge in [0.1, 0.15) is 0 Å². The van der Waals surface area contributed by atoms with Crippen molar-refractivity contribution in [1.82, 2.24) is 10.2 Å². The Hall–Kier alpha value is -1.52. The third-order valence-electron chi connectivity index (χ3n) is 3.85. The molecule has 0 radical (unpaired) electrons. The number of nitrogens with two attached hydrogens (primary N) is 1. The molecule has 4 nitrogen and oxygen atoms in total. The number of piperidine rings is 1. The van der Waals surface area contributed by atoms with Crippen molar-refractivity contribution in [3.05, 3.63) is 34.9 Å². The maximum Gasteiger partial charge on any atom is 0.153 e. The fourth-order valence-corrected chi connectivity index (χ4v) is 3.01. The lowest BCUT2D eigenvalue weighted by atomic mass is 10.0. The fraction of sp³-hybridized carbons (Fsp3) is 0.400. The van der Waals surface area contributed by atoms with Gasteiger partial charge in [0.05, 0.1) is 5.69 Å². The molecule has 1 aliphatic heterocycles. The summed E-state index contributed by atoms with van der Waals surface area (Å²) in [6.45, 7) is 3.99. The summed E-state index contributed by atoms with van der Waals surface area (Å²) in [4.78, 5) is 2.27. The molecule has 1 aliphatic rings. The second-order valence-corrected chi connectivity index (χ2v) is 5.84. The number of nitrogens with zero attached hydrogens (tertiary/aromatic N) is 2. The molecule has 1 unspecified atom stereocenters. The molecule has 106 valence electrons. The van der Waals surface area contributed by atoms with E-state index in [1.807, 2.05) is 24.3 Å². The Morgan fingerprint density at radius 3 is 3.05 bits per heavy atom. The van der Waals surface area contributed by atoms with E-state index in [0.29, 0.717) is 0 Å². The Balaban J connectivity index is 1.92. The summed E-state index contributed by atoms with van der Waals surface area (Å²) in [5, 5.41) is 8.36. The molecule has 3 N–H and O–H groups in total. The third-order valence-corrected chi connectivity index (χ3v) is 4.09. The lowest BCUT2D eigenvalue weighted by Gasteiger charge is -2.31. The minimum atomic E-state index is 0.245. The number of aromatic nitrogens is 2. The Morgan fingerprint density at radius 1 is 1.45 bits per heavy atom. The maximum absolute atomic E-state index is 6.06. The van der Waals surface area contributed by atoms with E-state index in [1.54, 1.807) is 0 Å². The average Bonchev–Trinajstić information content (AvgIpc) is 2.80. The highest BCUT2D eigenvalue weighted by Gasteiger charge is 2.22. The van der Waals surface area contributed by atoms with Crippen LogP contribution in [0.5, 0.6) is 0 Å². The Morgan fingerprint density at radius 2 is 2.30 bits per heavy atom. The summed E-state index contributed by atoms with van der Waals surface area (Å²) in [7, 11) is 0. The number of hydrogen-bond acceptors (Lipinski definition) is 3. The van der Waals surface area contributed by atoms with Crippen molar-refractivity contribution in [3.63, 3.8) is 0 Å². The van der Waals surface area contributed by atoms with E-state index < -0.39 is 0 Å². The van der Waals surface area contributed by atoms with Crippen LogP contribution in [0.15, 0.2) is 24.3 Å². The van der Waals surface area contributed by atoms with Crippen LogP contribution in [0.2, 0.25) is 5.02 Å². The molecule has 0 amide bonds. The van der Waals surface area contributed by atoms with E-state index in [9.17, 15) is 0 Å². The normalized spacial score (nSPS) is 19.4. The van der Waals surface area contributed by atoms with Gasteiger partial charge in [0.15, 0.2) is 5.82 Å². The van der Waals surface area contributed by atoms with Crippen molar-refractivity contribution < 1.29 is 0 Å². The monoisotopic (exact) mass is 290 g/mol. The van der Waals surface area contributed by atoms with Crippen LogP contribution in [0.1, 0.15) is 18.4 Å². The van der Waals surface area contributed by atoms with Gasteiger partial charge >= 0.3 is 0 Å². The minimum absolute atomic E-state index is 0.245. The van der Waals surface area contributed by atoms with Crippen LogP contribution in [-0.4, -0.2) is 29.3 Å². The quantitative estimate of drug-likeness (QED) is 0.894. The first-order chi connectivity index (χ1) is 9.65. The molecule has 1 fully saturated rings. The number of benzene rings is 1. The Bertz CT molecular complexity index is 608. The van der Waals surface area contributed by atoms with E-state index in [1.165, 1.54) is 0 Å². The first-order valence-electron chi connectivity index (χ1n) is 6.96. The number of aromatic amines is 1. The molecule has 1 aromatic carbocycles. The first kappa shape index (κ1) is 13.5. The highest BCUT2D eigenvalue weighted by molar-refractivity contribution is 6.30. The largest absolute Gasteiger partial charge is 0.353 e. The van der Waals surface area contributed by atoms with Crippen molar-refractivity contribution in [2.75, 3.05) is 18.0 Å². The standard InChI is InChI=1S/C15H19ClN4/c1-10-14(11-4-2-5-12(16)8-11)18-19-15(10)20-7-3-6-13(17)9-20/h2,4-5,8,13H,3,6-7,9,17H2,1H3,(H,18,19). The van der Waals surface area contributed by atoms with Crippen LogP contribution in [0.25, 0.3) is 11.3 Å². The molecule has 2 aromatic rings. The van der Waals surface area contributed by atoms with E-state index in [0.717, 1.165) is 53.6 Å². The molecule has 1 saturated heterocycles. The van der Waals surface area contributed by atoms with Gasteiger partial charge in [-0.25, -0.2) is 0 Å². The molecule has 20 heavy (non-hydrogen) atoms. The molecule has 0 spiro atoms. The van der Waals surface area contributed by atoms with Crippen LogP contribution >= 0.6 is 11.6 Å². The van der Waals surface area contributed by atoms with Crippen molar-refractivity contribution in [3.8, 4) is 11.3 Å². The summed E-state index contributed by atoms with van der Waals surface area (Å²) in [6, 6.07) is 8.07. The Kier molecular flexibility index (Phi) is 3.68. The summed E-state index contributed by atoms with van der Waals surface area (Å²) >= 11 is 6.06. The molecule has 3 rings (SSSR count). The number of nitrogens with one attached hydrogen (secondary N) is 1. The van der Waals surface area contributed by atoms with Crippen LogP contribution in [0.4, 0.5) is 5.82 Å². The second kappa shape index (κ2) is 5.46. The lowest BCUT2D eigenvalue weighted by Crippen LogP contribution is -2.43. The van der Waals surface area contributed by atoms with Gasteiger partial charge in [0.2, 0.25) is 0 Å². The van der Waals surface area contributed by atoms with E-state index in [-0.39, 0.29) is 6.04 Å². The number of halogens is 1. The third kappa shape index (κ3) is 2.53. The van der Waals surface area contributed by atoms with E-state index in [4.69, 9.17) is 17.3 Å². The maximum atomic E-state index is 6.06. The first-order valence-corrected chi connectivity index (χ1v) is 7.34. The van der Waals surface area contributed by atoms with Crippen LogP contribution in [0, 0.1) is 6.92 Å². The molecule has 0 aliphatic carbocycles.